The Morgan fingerprint density at radius 3 is 2.57 bits per heavy atom. The van der Waals surface area contributed by atoms with Crippen LogP contribution in [0.4, 0.5) is 0 Å². The molecule has 0 aromatic heterocycles. The Hall–Kier alpha value is -0.820. The van der Waals surface area contributed by atoms with Gasteiger partial charge in [0.25, 0.3) is 0 Å². The summed E-state index contributed by atoms with van der Waals surface area (Å²) < 4.78 is 26.4. The molecule has 8 heteroatoms. The van der Waals surface area contributed by atoms with Gasteiger partial charge in [-0.1, -0.05) is 29.3 Å². The molecule has 1 aliphatic rings. The number of hydrogen-bond acceptors (Lipinski definition) is 3. The van der Waals surface area contributed by atoms with Gasteiger partial charge in [-0.25, -0.2) is 8.42 Å². The fraction of sp³-hybridized carbons (Fsp3) is 0.462. The Morgan fingerprint density at radius 2 is 2.00 bits per heavy atom. The summed E-state index contributed by atoms with van der Waals surface area (Å²) in [7, 11) is -2.35. The molecule has 0 radical (unpaired) electrons. The standard InChI is InChI=1S/C13H15Cl2NO4S/c1-16(9-6-5-8(7-9)13(17)18)21(19,20)11-4-2-3-10(14)12(11)15/h2-4,8-9H,5-7H2,1H3,(H,17,18). The second kappa shape index (κ2) is 6.12. The molecular formula is C13H15Cl2NO4S. The van der Waals surface area contributed by atoms with Crippen LogP contribution in [-0.4, -0.2) is 36.9 Å². The first-order chi connectivity index (χ1) is 9.75. The number of carbonyl (C=O) groups is 1. The summed E-state index contributed by atoms with van der Waals surface area (Å²) in [6.07, 6.45) is 1.30. The molecule has 0 amide bonds. The third-order valence-corrected chi connectivity index (χ3v) is 6.72. The van der Waals surface area contributed by atoms with E-state index in [4.69, 9.17) is 28.3 Å². The molecule has 1 saturated carbocycles. The molecule has 1 aliphatic carbocycles. The molecule has 2 atom stereocenters. The maximum absolute atomic E-state index is 12.6. The van der Waals surface area contributed by atoms with Crippen LogP contribution < -0.4 is 0 Å². The lowest BCUT2D eigenvalue weighted by atomic mass is 10.1. The number of nitrogens with zero attached hydrogens (tertiary/aromatic N) is 1. The van der Waals surface area contributed by atoms with E-state index in [1.54, 1.807) is 0 Å². The zero-order valence-electron chi connectivity index (χ0n) is 11.3. The monoisotopic (exact) mass is 351 g/mol. The van der Waals surface area contributed by atoms with Crippen molar-refractivity contribution in [1.29, 1.82) is 0 Å². The van der Waals surface area contributed by atoms with Crippen LogP contribution in [0.15, 0.2) is 23.1 Å². The summed E-state index contributed by atoms with van der Waals surface area (Å²) in [4.78, 5) is 10.9. The van der Waals surface area contributed by atoms with Crippen molar-refractivity contribution in [3.05, 3.63) is 28.2 Å². The first-order valence-corrected chi connectivity index (χ1v) is 8.59. The van der Waals surface area contributed by atoms with Gasteiger partial charge >= 0.3 is 5.97 Å². The van der Waals surface area contributed by atoms with Crippen LogP contribution in [-0.2, 0) is 14.8 Å². The van der Waals surface area contributed by atoms with Crippen LogP contribution in [0.3, 0.4) is 0 Å². The molecular weight excluding hydrogens is 337 g/mol. The maximum atomic E-state index is 12.6. The zero-order chi connectivity index (χ0) is 15.8. The van der Waals surface area contributed by atoms with Crippen molar-refractivity contribution in [2.75, 3.05) is 7.05 Å². The van der Waals surface area contributed by atoms with Crippen molar-refractivity contribution in [2.24, 2.45) is 5.92 Å². The van der Waals surface area contributed by atoms with Crippen molar-refractivity contribution in [1.82, 2.24) is 4.31 Å². The Balaban J connectivity index is 2.28. The van der Waals surface area contributed by atoms with E-state index >= 15 is 0 Å². The fourth-order valence-electron chi connectivity index (χ4n) is 2.55. The lowest BCUT2D eigenvalue weighted by Gasteiger charge is -2.24. The average Bonchev–Trinajstić information content (AvgIpc) is 2.90. The van der Waals surface area contributed by atoms with Crippen molar-refractivity contribution in [2.45, 2.75) is 30.2 Å². The van der Waals surface area contributed by atoms with Gasteiger partial charge in [0, 0.05) is 13.1 Å². The number of benzene rings is 1. The predicted octanol–water partition coefficient (Wildman–Crippen LogP) is 2.87. The van der Waals surface area contributed by atoms with Crippen molar-refractivity contribution < 1.29 is 18.3 Å². The minimum Gasteiger partial charge on any atom is -0.481 e. The van der Waals surface area contributed by atoms with E-state index < -0.39 is 21.9 Å². The van der Waals surface area contributed by atoms with E-state index in [-0.39, 0.29) is 21.0 Å². The number of sulfonamides is 1. The molecule has 21 heavy (non-hydrogen) atoms. The largest absolute Gasteiger partial charge is 0.481 e. The first kappa shape index (κ1) is 16.5. The average molecular weight is 352 g/mol. The topological polar surface area (TPSA) is 74.7 Å². The number of carboxylic acid groups (broad SMARTS) is 1. The van der Waals surface area contributed by atoms with Crippen LogP contribution in [0.5, 0.6) is 0 Å². The second-order valence-corrected chi connectivity index (χ2v) is 7.83. The molecule has 1 N–H and O–H groups in total. The highest BCUT2D eigenvalue weighted by molar-refractivity contribution is 7.89. The third-order valence-electron chi connectivity index (χ3n) is 3.84. The Kier molecular flexibility index (Phi) is 4.82. The number of aliphatic carboxylic acids is 1. The smallest absolute Gasteiger partial charge is 0.306 e. The minimum absolute atomic E-state index is 0.0150. The second-order valence-electron chi connectivity index (χ2n) is 5.08. The highest BCUT2D eigenvalue weighted by atomic mass is 35.5. The van der Waals surface area contributed by atoms with Gasteiger partial charge in [0.1, 0.15) is 4.90 Å². The van der Waals surface area contributed by atoms with Gasteiger partial charge in [-0.2, -0.15) is 4.31 Å². The Morgan fingerprint density at radius 1 is 1.33 bits per heavy atom. The molecule has 0 spiro atoms. The van der Waals surface area contributed by atoms with Crippen LogP contribution in [0.25, 0.3) is 0 Å². The van der Waals surface area contributed by atoms with Gasteiger partial charge in [-0.15, -0.1) is 0 Å². The number of hydrogen-bond donors (Lipinski definition) is 1. The number of rotatable bonds is 4. The molecule has 2 unspecified atom stereocenters. The first-order valence-electron chi connectivity index (χ1n) is 6.40. The molecule has 1 aromatic rings. The third kappa shape index (κ3) is 3.18. The van der Waals surface area contributed by atoms with Crippen LogP contribution in [0, 0.1) is 5.92 Å². The summed E-state index contributed by atoms with van der Waals surface area (Å²) >= 11 is 11.8. The van der Waals surface area contributed by atoms with E-state index in [1.807, 2.05) is 0 Å². The summed E-state index contributed by atoms with van der Waals surface area (Å²) in [6, 6.07) is 4.08. The van der Waals surface area contributed by atoms with Crippen molar-refractivity contribution in [3.63, 3.8) is 0 Å². The lowest BCUT2D eigenvalue weighted by Crippen LogP contribution is -2.36. The highest BCUT2D eigenvalue weighted by Gasteiger charge is 2.37. The van der Waals surface area contributed by atoms with E-state index in [2.05, 4.69) is 0 Å². The van der Waals surface area contributed by atoms with Gasteiger partial charge in [0.15, 0.2) is 0 Å². The van der Waals surface area contributed by atoms with Gasteiger partial charge in [-0.3, -0.25) is 4.79 Å². The summed E-state index contributed by atoms with van der Waals surface area (Å²) in [5.74, 6) is -1.38. The fourth-order valence-corrected chi connectivity index (χ4v) is 4.68. The van der Waals surface area contributed by atoms with Crippen LogP contribution >= 0.6 is 23.2 Å². The lowest BCUT2D eigenvalue weighted by molar-refractivity contribution is -0.141. The van der Waals surface area contributed by atoms with E-state index in [0.717, 1.165) is 0 Å². The molecule has 1 aromatic carbocycles. The molecule has 0 saturated heterocycles. The van der Waals surface area contributed by atoms with Gasteiger partial charge < -0.3 is 5.11 Å². The predicted molar refractivity (Wildman–Crippen MR) is 80.2 cm³/mol. The Bertz CT molecular complexity index is 662. The minimum atomic E-state index is -3.80. The molecule has 0 heterocycles. The van der Waals surface area contributed by atoms with Crippen LogP contribution in [0.1, 0.15) is 19.3 Å². The van der Waals surface area contributed by atoms with E-state index in [1.165, 1.54) is 29.6 Å². The van der Waals surface area contributed by atoms with Gasteiger partial charge in [0.05, 0.1) is 16.0 Å². The van der Waals surface area contributed by atoms with Gasteiger partial charge in [0.2, 0.25) is 10.0 Å². The van der Waals surface area contributed by atoms with Crippen molar-refractivity contribution >= 4 is 39.2 Å². The van der Waals surface area contributed by atoms with Crippen molar-refractivity contribution in [3.8, 4) is 0 Å². The normalized spacial score (nSPS) is 22.7. The summed E-state index contributed by atoms with van der Waals surface area (Å²) in [5, 5.41) is 9.16. The van der Waals surface area contributed by atoms with E-state index in [9.17, 15) is 13.2 Å². The summed E-state index contributed by atoms with van der Waals surface area (Å²) in [5.41, 5.74) is 0. The molecule has 116 valence electrons. The number of carboxylic acids is 1. The van der Waals surface area contributed by atoms with E-state index in [0.29, 0.717) is 19.3 Å². The number of halogens is 2. The highest BCUT2D eigenvalue weighted by Crippen LogP contribution is 2.35. The molecule has 5 nitrogen and oxygen atoms in total. The summed E-state index contributed by atoms with van der Waals surface area (Å²) in [6.45, 7) is 0. The molecule has 0 aliphatic heterocycles. The van der Waals surface area contributed by atoms with Crippen LogP contribution in [0.2, 0.25) is 10.0 Å². The quantitative estimate of drug-likeness (QED) is 0.904. The Labute approximate surface area is 133 Å². The van der Waals surface area contributed by atoms with Gasteiger partial charge in [-0.05, 0) is 31.4 Å². The zero-order valence-corrected chi connectivity index (χ0v) is 13.6. The SMILES string of the molecule is CN(C1CCC(C(=O)O)C1)S(=O)(=O)c1cccc(Cl)c1Cl. The maximum Gasteiger partial charge on any atom is 0.306 e. The molecule has 2 rings (SSSR count). The molecule has 1 fully saturated rings. The molecule has 0 bridgehead atoms.